The van der Waals surface area contributed by atoms with Crippen LogP contribution in [0.4, 0.5) is 0 Å². The van der Waals surface area contributed by atoms with Crippen molar-refractivity contribution in [3.05, 3.63) is 0 Å². The molecule has 17 heavy (non-hydrogen) atoms. The van der Waals surface area contributed by atoms with E-state index in [9.17, 15) is 4.79 Å². The van der Waals surface area contributed by atoms with Gasteiger partial charge in [-0.25, -0.2) is 0 Å². The van der Waals surface area contributed by atoms with Gasteiger partial charge in [0.15, 0.2) is 0 Å². The van der Waals surface area contributed by atoms with E-state index >= 15 is 0 Å². The summed E-state index contributed by atoms with van der Waals surface area (Å²) in [5.74, 6) is 1.38. The summed E-state index contributed by atoms with van der Waals surface area (Å²) in [5, 5.41) is 2.98. The summed E-state index contributed by atoms with van der Waals surface area (Å²) < 4.78 is 0. The number of carbonyl (C=O) groups is 1. The molecule has 1 saturated heterocycles. The summed E-state index contributed by atoms with van der Waals surface area (Å²) in [4.78, 5) is 13.9. The van der Waals surface area contributed by atoms with Crippen LogP contribution >= 0.6 is 0 Å². The van der Waals surface area contributed by atoms with Crippen molar-refractivity contribution < 1.29 is 4.79 Å². The summed E-state index contributed by atoms with van der Waals surface area (Å²) in [6.45, 7) is 8.43. The van der Waals surface area contributed by atoms with Crippen LogP contribution in [0.3, 0.4) is 0 Å². The average molecular weight is 241 g/mol. The van der Waals surface area contributed by atoms with Crippen molar-refractivity contribution in [2.24, 2.45) is 17.6 Å². The highest BCUT2D eigenvalue weighted by Gasteiger charge is 2.20. The lowest BCUT2D eigenvalue weighted by Gasteiger charge is -2.31. The minimum Gasteiger partial charge on any atom is -0.355 e. The molecule has 1 rings (SSSR count). The summed E-state index contributed by atoms with van der Waals surface area (Å²) in [7, 11) is 0. The fourth-order valence-corrected chi connectivity index (χ4v) is 2.25. The molecule has 4 heteroatoms. The Morgan fingerprint density at radius 3 is 2.94 bits per heavy atom. The molecule has 0 aromatic carbocycles. The molecule has 0 aliphatic carbocycles. The number of nitrogens with two attached hydrogens (primary N) is 1. The molecule has 3 N–H and O–H groups in total. The van der Waals surface area contributed by atoms with E-state index in [1.54, 1.807) is 0 Å². The second-order valence-electron chi connectivity index (χ2n) is 5.51. The molecule has 1 fully saturated rings. The largest absolute Gasteiger partial charge is 0.355 e. The van der Waals surface area contributed by atoms with Crippen molar-refractivity contribution in [3.8, 4) is 0 Å². The van der Waals surface area contributed by atoms with Crippen molar-refractivity contribution >= 4 is 5.91 Å². The fraction of sp³-hybridized carbons (Fsp3) is 0.923. The first-order valence-electron chi connectivity index (χ1n) is 6.81. The van der Waals surface area contributed by atoms with Crippen LogP contribution in [0.2, 0.25) is 0 Å². The molecule has 0 radical (unpaired) electrons. The van der Waals surface area contributed by atoms with Crippen LogP contribution in [-0.2, 0) is 4.79 Å². The second-order valence-corrected chi connectivity index (χ2v) is 5.51. The van der Waals surface area contributed by atoms with Gasteiger partial charge >= 0.3 is 0 Å². The minimum absolute atomic E-state index is 0.156. The second kappa shape index (κ2) is 7.67. The Morgan fingerprint density at radius 1 is 1.53 bits per heavy atom. The normalized spacial score (nSPS) is 21.8. The molecule has 0 spiro atoms. The molecule has 0 saturated carbocycles. The van der Waals surface area contributed by atoms with Gasteiger partial charge < -0.3 is 11.1 Å². The monoisotopic (exact) mass is 241 g/mol. The van der Waals surface area contributed by atoms with E-state index in [1.165, 1.54) is 12.8 Å². The molecule has 0 unspecified atom stereocenters. The van der Waals surface area contributed by atoms with Gasteiger partial charge in [0.2, 0.25) is 5.91 Å². The molecule has 1 amide bonds. The van der Waals surface area contributed by atoms with Gasteiger partial charge in [-0.1, -0.05) is 13.8 Å². The van der Waals surface area contributed by atoms with Gasteiger partial charge in [-0.15, -0.1) is 0 Å². The maximum atomic E-state index is 11.7. The van der Waals surface area contributed by atoms with Crippen LogP contribution in [-0.4, -0.2) is 43.5 Å². The molecule has 1 aliphatic rings. The number of carbonyl (C=O) groups excluding carboxylic acids is 1. The number of rotatable bonds is 6. The number of hydrogen-bond donors (Lipinski definition) is 2. The first-order valence-corrected chi connectivity index (χ1v) is 6.81. The van der Waals surface area contributed by atoms with Crippen molar-refractivity contribution in [1.29, 1.82) is 0 Å². The lowest BCUT2D eigenvalue weighted by molar-refractivity contribution is -0.122. The Balaban J connectivity index is 2.17. The third kappa shape index (κ3) is 6.03. The fourth-order valence-electron chi connectivity index (χ4n) is 2.25. The van der Waals surface area contributed by atoms with Gasteiger partial charge in [0.25, 0.3) is 0 Å². The quantitative estimate of drug-likeness (QED) is 0.724. The third-order valence-corrected chi connectivity index (χ3v) is 3.35. The Hall–Kier alpha value is -0.610. The van der Waals surface area contributed by atoms with Gasteiger partial charge in [0.05, 0.1) is 6.54 Å². The zero-order valence-electron chi connectivity index (χ0n) is 11.2. The third-order valence-electron chi connectivity index (χ3n) is 3.35. The Labute approximate surface area is 105 Å². The van der Waals surface area contributed by atoms with Gasteiger partial charge in [-0.3, -0.25) is 9.69 Å². The molecule has 0 aromatic rings. The molecule has 0 bridgehead atoms. The molecule has 1 atom stereocenters. The predicted octanol–water partition coefficient (Wildman–Crippen LogP) is 0.819. The van der Waals surface area contributed by atoms with E-state index < -0.39 is 0 Å². The topological polar surface area (TPSA) is 58.4 Å². The van der Waals surface area contributed by atoms with Crippen molar-refractivity contribution in [2.75, 3.05) is 32.7 Å². The van der Waals surface area contributed by atoms with Crippen molar-refractivity contribution in [1.82, 2.24) is 10.2 Å². The van der Waals surface area contributed by atoms with Crippen molar-refractivity contribution in [3.63, 3.8) is 0 Å². The molecule has 0 aromatic heterocycles. The highest BCUT2D eigenvalue weighted by molar-refractivity contribution is 5.77. The van der Waals surface area contributed by atoms with Gasteiger partial charge in [0.1, 0.15) is 0 Å². The van der Waals surface area contributed by atoms with Gasteiger partial charge in [-0.05, 0) is 44.2 Å². The van der Waals surface area contributed by atoms with Crippen LogP contribution in [0.15, 0.2) is 0 Å². The number of nitrogens with zero attached hydrogens (tertiary/aromatic N) is 1. The lowest BCUT2D eigenvalue weighted by atomic mass is 9.98. The Bertz CT molecular complexity index is 231. The standard InChI is InChI=1S/C13H27N3O/c1-11(2)5-6-15-13(17)10-16-7-3-4-12(8-14)9-16/h11-12H,3-10,14H2,1-2H3,(H,15,17)/t12-/m0/s1. The zero-order valence-corrected chi connectivity index (χ0v) is 11.2. The Kier molecular flexibility index (Phi) is 6.52. The summed E-state index contributed by atoms with van der Waals surface area (Å²) in [5.41, 5.74) is 5.68. The van der Waals surface area contributed by atoms with Crippen LogP contribution in [0.25, 0.3) is 0 Å². The van der Waals surface area contributed by atoms with E-state index in [4.69, 9.17) is 5.73 Å². The van der Waals surface area contributed by atoms with E-state index in [0.717, 1.165) is 32.6 Å². The number of nitrogens with one attached hydrogen (secondary N) is 1. The van der Waals surface area contributed by atoms with Crippen molar-refractivity contribution in [2.45, 2.75) is 33.1 Å². The zero-order chi connectivity index (χ0) is 12.7. The molecule has 1 aliphatic heterocycles. The highest BCUT2D eigenvalue weighted by atomic mass is 16.2. The van der Waals surface area contributed by atoms with E-state index in [-0.39, 0.29) is 5.91 Å². The number of amides is 1. The smallest absolute Gasteiger partial charge is 0.234 e. The number of piperidine rings is 1. The van der Waals surface area contributed by atoms with E-state index in [0.29, 0.717) is 18.4 Å². The molecular weight excluding hydrogens is 214 g/mol. The molecule has 100 valence electrons. The predicted molar refractivity (Wildman–Crippen MR) is 70.7 cm³/mol. The summed E-state index contributed by atoms with van der Waals surface area (Å²) >= 11 is 0. The molecule has 4 nitrogen and oxygen atoms in total. The first kappa shape index (κ1) is 14.5. The van der Waals surface area contributed by atoms with Crippen LogP contribution in [0.1, 0.15) is 33.1 Å². The van der Waals surface area contributed by atoms with E-state index in [1.807, 2.05) is 0 Å². The Morgan fingerprint density at radius 2 is 2.29 bits per heavy atom. The minimum atomic E-state index is 0.156. The summed E-state index contributed by atoms with van der Waals surface area (Å²) in [6, 6.07) is 0. The molecular formula is C13H27N3O. The first-order chi connectivity index (χ1) is 8.11. The highest BCUT2D eigenvalue weighted by Crippen LogP contribution is 2.14. The number of likely N-dealkylation sites (tertiary alicyclic amines) is 1. The lowest BCUT2D eigenvalue weighted by Crippen LogP contribution is -2.44. The molecule has 1 heterocycles. The number of hydrogen-bond acceptors (Lipinski definition) is 3. The average Bonchev–Trinajstić information content (AvgIpc) is 2.28. The SMILES string of the molecule is CC(C)CCNC(=O)CN1CCC[C@@H](CN)C1. The van der Waals surface area contributed by atoms with Crippen LogP contribution < -0.4 is 11.1 Å². The van der Waals surface area contributed by atoms with Crippen LogP contribution in [0.5, 0.6) is 0 Å². The maximum Gasteiger partial charge on any atom is 0.234 e. The maximum absolute atomic E-state index is 11.7. The van der Waals surface area contributed by atoms with Gasteiger partial charge in [-0.2, -0.15) is 0 Å². The van der Waals surface area contributed by atoms with Gasteiger partial charge in [0, 0.05) is 13.1 Å². The van der Waals surface area contributed by atoms with E-state index in [2.05, 4.69) is 24.1 Å². The van der Waals surface area contributed by atoms with Crippen LogP contribution in [0, 0.1) is 11.8 Å². The summed E-state index contributed by atoms with van der Waals surface area (Å²) in [6.07, 6.45) is 3.43.